The average Bonchev–Trinajstić information content (AvgIpc) is 2.77. The summed E-state index contributed by atoms with van der Waals surface area (Å²) in [6, 6.07) is 6.35. The standard InChI is InChI=1S/C15H22N3P/c1-17-7-5-11(6-8-17)14-10-18(19-2)15-9-12(16)3-4-13(14)15/h3-4,9-11,19H,5-8,16H2,1-2H3. The van der Waals surface area contributed by atoms with Crippen molar-refractivity contribution in [3.8, 4) is 0 Å². The molecule has 0 spiro atoms. The highest BCUT2D eigenvalue weighted by molar-refractivity contribution is 7.35. The Morgan fingerprint density at radius 1 is 1.26 bits per heavy atom. The highest BCUT2D eigenvalue weighted by Crippen LogP contribution is 2.36. The molecule has 1 saturated heterocycles. The lowest BCUT2D eigenvalue weighted by Crippen LogP contribution is -2.29. The Kier molecular flexibility index (Phi) is 3.51. The van der Waals surface area contributed by atoms with Gasteiger partial charge in [0.15, 0.2) is 0 Å². The fourth-order valence-electron chi connectivity index (χ4n) is 3.10. The van der Waals surface area contributed by atoms with Gasteiger partial charge in [-0.2, -0.15) is 0 Å². The van der Waals surface area contributed by atoms with E-state index < -0.39 is 0 Å². The van der Waals surface area contributed by atoms with Gasteiger partial charge in [0.1, 0.15) is 0 Å². The molecule has 3 nitrogen and oxygen atoms in total. The Balaban J connectivity index is 2.04. The molecule has 19 heavy (non-hydrogen) atoms. The van der Waals surface area contributed by atoms with Crippen molar-refractivity contribution in [3.05, 3.63) is 30.0 Å². The van der Waals surface area contributed by atoms with Crippen LogP contribution in [0.5, 0.6) is 0 Å². The van der Waals surface area contributed by atoms with E-state index in [9.17, 15) is 0 Å². The Morgan fingerprint density at radius 3 is 2.68 bits per heavy atom. The number of anilines is 1. The molecule has 1 aromatic carbocycles. The van der Waals surface area contributed by atoms with Crippen molar-refractivity contribution < 1.29 is 0 Å². The van der Waals surface area contributed by atoms with E-state index in [4.69, 9.17) is 5.73 Å². The summed E-state index contributed by atoms with van der Waals surface area (Å²) in [6.45, 7) is 4.64. The van der Waals surface area contributed by atoms with Crippen LogP contribution in [-0.2, 0) is 0 Å². The molecule has 1 unspecified atom stereocenters. The van der Waals surface area contributed by atoms with Gasteiger partial charge in [0.25, 0.3) is 0 Å². The van der Waals surface area contributed by atoms with Gasteiger partial charge < -0.3 is 15.0 Å². The van der Waals surface area contributed by atoms with Gasteiger partial charge in [-0.1, -0.05) is 6.07 Å². The van der Waals surface area contributed by atoms with Gasteiger partial charge in [-0.05, 0) is 72.0 Å². The van der Waals surface area contributed by atoms with Gasteiger partial charge in [0.2, 0.25) is 0 Å². The molecule has 0 saturated carbocycles. The monoisotopic (exact) mass is 275 g/mol. The number of piperidine rings is 1. The van der Waals surface area contributed by atoms with Gasteiger partial charge in [0, 0.05) is 17.3 Å². The normalized spacial score (nSPS) is 18.8. The zero-order valence-electron chi connectivity index (χ0n) is 11.7. The maximum Gasteiger partial charge on any atom is 0.0535 e. The molecule has 102 valence electrons. The molecule has 1 aliphatic rings. The second-order valence-corrected chi connectivity index (χ2v) is 6.46. The van der Waals surface area contributed by atoms with Crippen molar-refractivity contribution in [3.63, 3.8) is 0 Å². The molecule has 0 bridgehead atoms. The van der Waals surface area contributed by atoms with E-state index in [0.29, 0.717) is 5.92 Å². The molecular formula is C15H22N3P. The Hall–Kier alpha value is -1.05. The van der Waals surface area contributed by atoms with Crippen molar-refractivity contribution in [2.75, 3.05) is 32.5 Å². The van der Waals surface area contributed by atoms with Gasteiger partial charge in [-0.25, -0.2) is 0 Å². The summed E-state index contributed by atoms with van der Waals surface area (Å²) >= 11 is 0. The first-order valence-corrected chi connectivity index (χ1v) is 8.40. The molecule has 1 fully saturated rings. The van der Waals surface area contributed by atoms with Crippen molar-refractivity contribution in [1.29, 1.82) is 0 Å². The molecule has 2 aromatic rings. The number of aromatic nitrogens is 1. The zero-order valence-corrected chi connectivity index (χ0v) is 12.7. The molecule has 1 aliphatic heterocycles. The zero-order chi connectivity index (χ0) is 13.4. The van der Waals surface area contributed by atoms with Crippen LogP contribution >= 0.6 is 8.73 Å². The van der Waals surface area contributed by atoms with Crippen molar-refractivity contribution in [1.82, 2.24) is 9.24 Å². The maximum absolute atomic E-state index is 5.94. The number of likely N-dealkylation sites (tertiary alicyclic amines) is 1. The van der Waals surface area contributed by atoms with Crippen LogP contribution in [0.25, 0.3) is 10.9 Å². The fourth-order valence-corrected chi connectivity index (χ4v) is 3.79. The third kappa shape index (κ3) is 2.37. The Bertz CT molecular complexity index is 582. The lowest BCUT2D eigenvalue weighted by molar-refractivity contribution is 0.256. The van der Waals surface area contributed by atoms with Crippen LogP contribution in [0.2, 0.25) is 0 Å². The van der Waals surface area contributed by atoms with Gasteiger partial charge >= 0.3 is 0 Å². The van der Waals surface area contributed by atoms with Crippen LogP contribution in [0.1, 0.15) is 24.3 Å². The minimum atomic E-state index is 0.708. The molecule has 1 aromatic heterocycles. The molecule has 2 N–H and O–H groups in total. The minimum absolute atomic E-state index is 0.708. The molecule has 3 rings (SSSR count). The summed E-state index contributed by atoms with van der Waals surface area (Å²) in [5.74, 6) is 0.708. The summed E-state index contributed by atoms with van der Waals surface area (Å²) < 4.78 is 2.36. The number of rotatable bonds is 2. The van der Waals surface area contributed by atoms with Crippen LogP contribution < -0.4 is 5.73 Å². The predicted molar refractivity (Wildman–Crippen MR) is 85.5 cm³/mol. The lowest BCUT2D eigenvalue weighted by atomic mass is 9.89. The van der Waals surface area contributed by atoms with Crippen LogP contribution in [0.15, 0.2) is 24.4 Å². The first-order valence-electron chi connectivity index (χ1n) is 6.96. The highest BCUT2D eigenvalue weighted by Gasteiger charge is 2.22. The Labute approximate surface area is 116 Å². The quantitative estimate of drug-likeness (QED) is 0.675. The number of nitrogen functional groups attached to an aromatic ring is 1. The molecule has 2 heterocycles. The molecule has 0 aliphatic carbocycles. The average molecular weight is 275 g/mol. The second kappa shape index (κ2) is 5.15. The molecular weight excluding hydrogens is 253 g/mol. The van der Waals surface area contributed by atoms with E-state index in [1.165, 1.54) is 42.4 Å². The van der Waals surface area contributed by atoms with E-state index in [1.54, 1.807) is 0 Å². The summed E-state index contributed by atoms with van der Waals surface area (Å²) in [5, 5.41) is 1.40. The number of fused-ring (bicyclic) bond motifs is 1. The van der Waals surface area contributed by atoms with Crippen LogP contribution in [-0.4, -0.2) is 36.0 Å². The number of nitrogens with two attached hydrogens (primary N) is 1. The third-order valence-corrected chi connectivity index (χ3v) is 5.11. The number of hydrogen-bond acceptors (Lipinski definition) is 2. The van der Waals surface area contributed by atoms with Crippen LogP contribution in [0, 0.1) is 0 Å². The second-order valence-electron chi connectivity index (χ2n) is 5.53. The van der Waals surface area contributed by atoms with E-state index in [0.717, 1.165) is 14.4 Å². The first-order chi connectivity index (χ1) is 9.19. The van der Waals surface area contributed by atoms with Crippen molar-refractivity contribution in [2.24, 2.45) is 0 Å². The highest BCUT2D eigenvalue weighted by atomic mass is 31.1. The van der Waals surface area contributed by atoms with E-state index in [1.807, 2.05) is 6.07 Å². The molecule has 0 radical (unpaired) electrons. The van der Waals surface area contributed by atoms with Gasteiger partial charge in [-0.3, -0.25) is 0 Å². The largest absolute Gasteiger partial charge is 0.399 e. The van der Waals surface area contributed by atoms with E-state index in [2.05, 4.69) is 41.3 Å². The van der Waals surface area contributed by atoms with Crippen LogP contribution in [0.4, 0.5) is 5.69 Å². The van der Waals surface area contributed by atoms with Crippen molar-refractivity contribution >= 4 is 25.3 Å². The van der Waals surface area contributed by atoms with Gasteiger partial charge in [-0.15, -0.1) is 0 Å². The SMILES string of the molecule is CPn1cc(C2CCN(C)CC2)c2ccc(N)cc21. The Morgan fingerprint density at radius 2 is 2.00 bits per heavy atom. The summed E-state index contributed by atoms with van der Waals surface area (Å²) in [7, 11) is 2.98. The number of benzene rings is 1. The van der Waals surface area contributed by atoms with Gasteiger partial charge in [0.05, 0.1) is 5.52 Å². The minimum Gasteiger partial charge on any atom is -0.399 e. The number of hydrogen-bond donors (Lipinski definition) is 1. The maximum atomic E-state index is 5.94. The fraction of sp³-hybridized carbons (Fsp3) is 0.467. The molecule has 1 atom stereocenters. The van der Waals surface area contributed by atoms with E-state index in [-0.39, 0.29) is 0 Å². The smallest absolute Gasteiger partial charge is 0.0535 e. The predicted octanol–water partition coefficient (Wildman–Crippen LogP) is 3.10. The topological polar surface area (TPSA) is 34.2 Å². The van der Waals surface area contributed by atoms with Crippen LogP contribution in [0.3, 0.4) is 0 Å². The lowest BCUT2D eigenvalue weighted by Gasteiger charge is -2.28. The van der Waals surface area contributed by atoms with E-state index >= 15 is 0 Å². The number of nitrogens with zero attached hydrogens (tertiary/aromatic N) is 2. The summed E-state index contributed by atoms with van der Waals surface area (Å²) in [5.41, 5.74) is 9.62. The molecule has 0 amide bonds. The summed E-state index contributed by atoms with van der Waals surface area (Å²) in [4.78, 5) is 2.43. The third-order valence-electron chi connectivity index (χ3n) is 4.26. The van der Waals surface area contributed by atoms with Crippen molar-refractivity contribution in [2.45, 2.75) is 18.8 Å². The molecule has 4 heteroatoms. The summed E-state index contributed by atoms with van der Waals surface area (Å²) in [6.07, 6.45) is 4.90. The first kappa shape index (κ1) is 13.0.